The smallest absolute Gasteiger partial charge is 0.249 e. The van der Waals surface area contributed by atoms with E-state index < -0.39 is 0 Å². The summed E-state index contributed by atoms with van der Waals surface area (Å²) in [7, 11) is 0. The number of imide groups is 1. The maximum absolute atomic E-state index is 11.7. The van der Waals surface area contributed by atoms with E-state index in [4.69, 9.17) is 0 Å². The number of carbonyl (C=O) groups excluding carboxylic acids is 2. The van der Waals surface area contributed by atoms with Gasteiger partial charge >= 0.3 is 0 Å². The number of piperidine rings is 1. The van der Waals surface area contributed by atoms with E-state index in [2.05, 4.69) is 20.6 Å². The fourth-order valence-electron chi connectivity index (χ4n) is 2.64. The lowest BCUT2D eigenvalue weighted by Gasteiger charge is -2.25. The average Bonchev–Trinajstić information content (AvgIpc) is 2.42. The van der Waals surface area contributed by atoms with Gasteiger partial charge in [-0.25, -0.2) is 9.97 Å². The van der Waals surface area contributed by atoms with Crippen molar-refractivity contribution in [2.24, 2.45) is 0 Å². The van der Waals surface area contributed by atoms with Gasteiger partial charge in [-0.2, -0.15) is 0 Å². The topological polar surface area (TPSA) is 84.0 Å². The minimum Gasteiger partial charge on any atom is -0.358 e. The number of rotatable bonds is 2. The van der Waals surface area contributed by atoms with E-state index in [1.54, 1.807) is 6.33 Å². The minimum atomic E-state index is -0.376. The molecule has 6 heteroatoms. The molecular formula is C13H16N4O2. The molecule has 19 heavy (non-hydrogen) atoms. The summed E-state index contributed by atoms with van der Waals surface area (Å²) in [5.41, 5.74) is 2.20. The third-order valence-electron chi connectivity index (χ3n) is 3.68. The van der Waals surface area contributed by atoms with E-state index in [9.17, 15) is 9.59 Å². The second-order valence-corrected chi connectivity index (χ2v) is 5.00. The summed E-state index contributed by atoms with van der Waals surface area (Å²) >= 11 is 0. The second kappa shape index (κ2) is 4.95. The Balaban J connectivity index is 1.80. The van der Waals surface area contributed by atoms with Gasteiger partial charge in [0.05, 0.1) is 0 Å². The fourth-order valence-corrected chi connectivity index (χ4v) is 2.64. The number of fused-ring (bicyclic) bond motifs is 1. The summed E-state index contributed by atoms with van der Waals surface area (Å²) < 4.78 is 0. The Hall–Kier alpha value is -1.98. The van der Waals surface area contributed by atoms with E-state index in [1.807, 2.05) is 0 Å². The minimum absolute atomic E-state index is 0.201. The number of hydrogen-bond acceptors (Lipinski definition) is 5. The van der Waals surface area contributed by atoms with Gasteiger partial charge in [0.25, 0.3) is 0 Å². The van der Waals surface area contributed by atoms with E-state index in [1.165, 1.54) is 0 Å². The standard InChI is InChI=1S/C13H16N4O2/c18-11-6-5-10(13(19)17-11)16-12-8-3-1-2-4-9(8)14-7-15-12/h7,10H,1-6H2,(H,14,15,16)(H,17,18,19). The summed E-state index contributed by atoms with van der Waals surface area (Å²) in [5.74, 6) is 0.284. The molecule has 1 aliphatic heterocycles. The van der Waals surface area contributed by atoms with E-state index in [0.29, 0.717) is 12.8 Å². The van der Waals surface area contributed by atoms with Crippen LogP contribution in [0, 0.1) is 0 Å². The predicted octanol–water partition coefficient (Wildman–Crippen LogP) is 0.572. The highest BCUT2D eigenvalue weighted by molar-refractivity contribution is 6.01. The van der Waals surface area contributed by atoms with Crippen LogP contribution in [0.3, 0.4) is 0 Å². The summed E-state index contributed by atoms with van der Waals surface area (Å²) in [6.45, 7) is 0. The van der Waals surface area contributed by atoms with Crippen LogP contribution in [-0.4, -0.2) is 27.8 Å². The Morgan fingerprint density at radius 1 is 1.16 bits per heavy atom. The Bertz CT molecular complexity index is 529. The van der Waals surface area contributed by atoms with Gasteiger partial charge < -0.3 is 5.32 Å². The molecule has 2 N–H and O–H groups in total. The second-order valence-electron chi connectivity index (χ2n) is 5.00. The molecule has 2 heterocycles. The number of aryl methyl sites for hydroxylation is 1. The molecule has 1 aromatic rings. The zero-order valence-corrected chi connectivity index (χ0v) is 10.6. The molecule has 3 rings (SSSR count). The van der Waals surface area contributed by atoms with Gasteiger partial charge in [-0.05, 0) is 32.1 Å². The van der Waals surface area contributed by atoms with Gasteiger partial charge in [0.2, 0.25) is 11.8 Å². The largest absolute Gasteiger partial charge is 0.358 e. The van der Waals surface area contributed by atoms with Crippen LogP contribution in [-0.2, 0) is 22.4 Å². The molecule has 6 nitrogen and oxygen atoms in total. The quantitative estimate of drug-likeness (QED) is 0.760. The van der Waals surface area contributed by atoms with Crippen molar-refractivity contribution in [3.8, 4) is 0 Å². The molecule has 1 fully saturated rings. The molecular weight excluding hydrogens is 244 g/mol. The van der Waals surface area contributed by atoms with Gasteiger partial charge in [-0.15, -0.1) is 0 Å². The molecule has 1 saturated heterocycles. The molecule has 100 valence electrons. The molecule has 1 unspecified atom stereocenters. The lowest BCUT2D eigenvalue weighted by molar-refractivity contribution is -0.133. The lowest BCUT2D eigenvalue weighted by Crippen LogP contribution is -2.47. The summed E-state index contributed by atoms with van der Waals surface area (Å²) in [6.07, 6.45) is 6.64. The highest BCUT2D eigenvalue weighted by Gasteiger charge is 2.28. The third-order valence-corrected chi connectivity index (χ3v) is 3.68. The van der Waals surface area contributed by atoms with Crippen molar-refractivity contribution in [2.75, 3.05) is 5.32 Å². The number of amides is 2. The molecule has 1 atom stereocenters. The molecule has 1 aliphatic carbocycles. The molecule has 0 spiro atoms. The number of hydrogen-bond donors (Lipinski definition) is 2. The lowest BCUT2D eigenvalue weighted by atomic mass is 9.96. The van der Waals surface area contributed by atoms with Crippen molar-refractivity contribution >= 4 is 17.6 Å². The summed E-state index contributed by atoms with van der Waals surface area (Å²) in [6, 6.07) is -0.376. The highest BCUT2D eigenvalue weighted by atomic mass is 16.2. The number of nitrogens with one attached hydrogen (secondary N) is 2. The van der Waals surface area contributed by atoms with E-state index >= 15 is 0 Å². The summed E-state index contributed by atoms with van der Waals surface area (Å²) in [5, 5.41) is 5.51. The van der Waals surface area contributed by atoms with Crippen LogP contribution in [0.5, 0.6) is 0 Å². The maximum Gasteiger partial charge on any atom is 0.249 e. The van der Waals surface area contributed by atoms with E-state index in [0.717, 1.165) is 42.8 Å². The van der Waals surface area contributed by atoms with Gasteiger partial charge in [0.15, 0.2) is 0 Å². The molecule has 2 aliphatic rings. The SMILES string of the molecule is O=C1CCC(Nc2ncnc3c2CCCC3)C(=O)N1. The first-order chi connectivity index (χ1) is 9.24. The fraction of sp³-hybridized carbons (Fsp3) is 0.538. The molecule has 0 aromatic carbocycles. The molecule has 1 aromatic heterocycles. The number of anilines is 1. The van der Waals surface area contributed by atoms with Gasteiger partial charge in [-0.1, -0.05) is 0 Å². The zero-order valence-electron chi connectivity index (χ0n) is 10.6. The van der Waals surface area contributed by atoms with Crippen molar-refractivity contribution in [1.29, 1.82) is 0 Å². The monoisotopic (exact) mass is 260 g/mol. The van der Waals surface area contributed by atoms with Crippen molar-refractivity contribution in [3.63, 3.8) is 0 Å². The van der Waals surface area contributed by atoms with Gasteiger partial charge in [0, 0.05) is 17.7 Å². The third kappa shape index (κ3) is 2.43. The van der Waals surface area contributed by atoms with Crippen LogP contribution in [0.1, 0.15) is 36.9 Å². The first kappa shape index (κ1) is 12.1. The molecule has 0 saturated carbocycles. The molecule has 0 bridgehead atoms. The Morgan fingerprint density at radius 2 is 2.00 bits per heavy atom. The Labute approximate surface area is 111 Å². The first-order valence-corrected chi connectivity index (χ1v) is 6.67. The highest BCUT2D eigenvalue weighted by Crippen LogP contribution is 2.25. The molecule has 2 amide bonds. The average molecular weight is 260 g/mol. The van der Waals surface area contributed by atoms with Crippen LogP contribution < -0.4 is 10.6 Å². The van der Waals surface area contributed by atoms with Gasteiger partial charge in [0.1, 0.15) is 18.2 Å². The van der Waals surface area contributed by atoms with Crippen molar-refractivity contribution < 1.29 is 9.59 Å². The number of nitrogens with zero attached hydrogens (tertiary/aromatic N) is 2. The van der Waals surface area contributed by atoms with Crippen LogP contribution >= 0.6 is 0 Å². The van der Waals surface area contributed by atoms with Crippen LogP contribution in [0.25, 0.3) is 0 Å². The van der Waals surface area contributed by atoms with Crippen molar-refractivity contribution in [3.05, 3.63) is 17.6 Å². The predicted molar refractivity (Wildman–Crippen MR) is 68.5 cm³/mol. The Morgan fingerprint density at radius 3 is 2.84 bits per heavy atom. The molecule has 0 radical (unpaired) electrons. The van der Waals surface area contributed by atoms with Crippen molar-refractivity contribution in [1.82, 2.24) is 15.3 Å². The van der Waals surface area contributed by atoms with Gasteiger partial charge in [-0.3, -0.25) is 14.9 Å². The van der Waals surface area contributed by atoms with E-state index in [-0.39, 0.29) is 17.9 Å². The van der Waals surface area contributed by atoms with Crippen molar-refractivity contribution in [2.45, 2.75) is 44.6 Å². The maximum atomic E-state index is 11.7. The number of carbonyl (C=O) groups is 2. The van der Waals surface area contributed by atoms with Crippen LogP contribution in [0.4, 0.5) is 5.82 Å². The summed E-state index contributed by atoms with van der Waals surface area (Å²) in [4.78, 5) is 31.4. The Kier molecular flexibility index (Phi) is 3.15. The van der Waals surface area contributed by atoms with Crippen LogP contribution in [0.2, 0.25) is 0 Å². The normalized spacial score (nSPS) is 22.6. The zero-order chi connectivity index (χ0) is 13.2. The van der Waals surface area contributed by atoms with Crippen LogP contribution in [0.15, 0.2) is 6.33 Å². The number of aromatic nitrogens is 2. The first-order valence-electron chi connectivity index (χ1n) is 6.67.